The second-order valence-corrected chi connectivity index (χ2v) is 8.69. The molecule has 1 aliphatic carbocycles. The molecule has 25 heavy (non-hydrogen) atoms. The molecule has 0 radical (unpaired) electrons. The first kappa shape index (κ1) is 18.1. The molecule has 0 aromatic heterocycles. The smallest absolute Gasteiger partial charge is 0.251 e. The second-order valence-electron chi connectivity index (χ2n) is 6.75. The van der Waals surface area contributed by atoms with Gasteiger partial charge >= 0.3 is 0 Å². The van der Waals surface area contributed by atoms with E-state index in [-0.39, 0.29) is 10.8 Å². The highest BCUT2D eigenvalue weighted by Crippen LogP contribution is 2.21. The molecule has 0 atom stereocenters. The minimum atomic E-state index is -3.42. The summed E-state index contributed by atoms with van der Waals surface area (Å²) in [6.45, 7) is 1.79. The van der Waals surface area contributed by atoms with Gasteiger partial charge in [0.2, 0.25) is 10.0 Å². The van der Waals surface area contributed by atoms with E-state index in [4.69, 9.17) is 0 Å². The molecular weight excluding hydrogens is 336 g/mol. The molecule has 0 bridgehead atoms. The lowest BCUT2D eigenvalue weighted by Crippen LogP contribution is -2.28. The summed E-state index contributed by atoms with van der Waals surface area (Å²) < 4.78 is 26.5. The van der Waals surface area contributed by atoms with E-state index in [2.05, 4.69) is 11.4 Å². The number of benzene rings is 1. The third-order valence-corrected chi connectivity index (χ3v) is 6.85. The monoisotopic (exact) mass is 362 g/mol. The molecule has 0 unspecified atom stereocenters. The van der Waals surface area contributed by atoms with Crippen molar-refractivity contribution in [2.75, 3.05) is 19.6 Å². The highest BCUT2D eigenvalue weighted by atomic mass is 32.2. The Balaban J connectivity index is 1.56. The number of allylic oxidation sites excluding steroid dienone is 1. The SMILES string of the molecule is O=C(NCCC1=CCCCC1)c1ccc(S(=O)(=O)N2CCCC2)cc1. The molecule has 1 amide bonds. The molecule has 1 heterocycles. The molecule has 0 spiro atoms. The Kier molecular flexibility index (Phi) is 5.91. The summed E-state index contributed by atoms with van der Waals surface area (Å²) in [4.78, 5) is 12.5. The third kappa shape index (κ3) is 4.50. The highest BCUT2D eigenvalue weighted by Gasteiger charge is 2.27. The van der Waals surface area contributed by atoms with Gasteiger partial charge in [0.25, 0.3) is 5.91 Å². The quantitative estimate of drug-likeness (QED) is 0.791. The van der Waals surface area contributed by atoms with Gasteiger partial charge in [-0.25, -0.2) is 8.42 Å². The third-order valence-electron chi connectivity index (χ3n) is 4.94. The number of amides is 1. The number of rotatable bonds is 6. The first-order valence-corrected chi connectivity index (χ1v) is 10.6. The van der Waals surface area contributed by atoms with Crippen molar-refractivity contribution in [2.45, 2.75) is 49.8 Å². The molecule has 1 N–H and O–H groups in total. The van der Waals surface area contributed by atoms with Crippen LogP contribution in [-0.4, -0.2) is 38.3 Å². The van der Waals surface area contributed by atoms with E-state index in [0.29, 0.717) is 25.2 Å². The number of nitrogens with zero attached hydrogens (tertiary/aromatic N) is 1. The van der Waals surface area contributed by atoms with Crippen molar-refractivity contribution in [3.63, 3.8) is 0 Å². The normalized spacial score (nSPS) is 18.8. The van der Waals surface area contributed by atoms with Crippen LogP contribution in [0.15, 0.2) is 40.8 Å². The van der Waals surface area contributed by atoms with Gasteiger partial charge < -0.3 is 5.32 Å². The molecule has 0 saturated carbocycles. The average molecular weight is 362 g/mol. The molecule has 1 aromatic rings. The number of carbonyl (C=O) groups is 1. The zero-order valence-electron chi connectivity index (χ0n) is 14.5. The maximum atomic E-state index is 12.5. The fourth-order valence-corrected chi connectivity index (χ4v) is 4.94. The van der Waals surface area contributed by atoms with Crippen LogP contribution in [0.2, 0.25) is 0 Å². The summed E-state index contributed by atoms with van der Waals surface area (Å²) in [5, 5.41) is 2.92. The lowest BCUT2D eigenvalue weighted by molar-refractivity contribution is 0.0954. The first-order valence-electron chi connectivity index (χ1n) is 9.14. The van der Waals surface area contributed by atoms with Crippen molar-refractivity contribution < 1.29 is 13.2 Å². The van der Waals surface area contributed by atoms with Crippen LogP contribution in [0.1, 0.15) is 55.3 Å². The van der Waals surface area contributed by atoms with Gasteiger partial charge in [-0.3, -0.25) is 4.79 Å². The predicted octanol–water partition coefficient (Wildman–Crippen LogP) is 3.09. The van der Waals surface area contributed by atoms with E-state index < -0.39 is 10.0 Å². The summed E-state index contributed by atoms with van der Waals surface area (Å²) in [5.41, 5.74) is 1.93. The first-order chi connectivity index (χ1) is 12.1. The molecule has 5 nitrogen and oxygen atoms in total. The zero-order chi connectivity index (χ0) is 17.7. The van der Waals surface area contributed by atoms with Crippen molar-refractivity contribution >= 4 is 15.9 Å². The van der Waals surface area contributed by atoms with Gasteiger partial charge in [-0.2, -0.15) is 4.31 Å². The minimum absolute atomic E-state index is 0.151. The molecule has 1 aromatic carbocycles. The number of nitrogens with one attached hydrogen (secondary N) is 1. The Labute approximate surface area is 150 Å². The fraction of sp³-hybridized carbons (Fsp3) is 0.526. The van der Waals surface area contributed by atoms with Crippen LogP contribution in [0.3, 0.4) is 0 Å². The standard InChI is InChI=1S/C19H26N2O3S/c22-19(20-13-12-16-6-2-1-3-7-16)17-8-10-18(11-9-17)25(23,24)21-14-4-5-15-21/h6,8-11H,1-5,7,12-15H2,(H,20,22). The summed E-state index contributed by atoms with van der Waals surface area (Å²) in [6.07, 6.45) is 9.80. The number of carbonyl (C=O) groups excluding carboxylic acids is 1. The molecule has 136 valence electrons. The Morgan fingerprint density at radius 2 is 1.76 bits per heavy atom. The lowest BCUT2D eigenvalue weighted by Gasteiger charge is -2.15. The van der Waals surface area contributed by atoms with Crippen LogP contribution in [0, 0.1) is 0 Å². The Hall–Kier alpha value is -1.66. The van der Waals surface area contributed by atoms with Gasteiger partial charge in [0.05, 0.1) is 4.90 Å². The van der Waals surface area contributed by atoms with Crippen LogP contribution in [0.4, 0.5) is 0 Å². The van der Waals surface area contributed by atoms with Crippen LogP contribution in [0.5, 0.6) is 0 Å². The van der Waals surface area contributed by atoms with Crippen molar-refractivity contribution in [1.82, 2.24) is 9.62 Å². The molecule has 3 rings (SSSR count). The maximum Gasteiger partial charge on any atom is 0.251 e. The second kappa shape index (κ2) is 8.15. The van der Waals surface area contributed by atoms with E-state index in [1.54, 1.807) is 12.1 Å². The van der Waals surface area contributed by atoms with E-state index in [1.165, 1.54) is 34.9 Å². The van der Waals surface area contributed by atoms with Crippen LogP contribution in [0.25, 0.3) is 0 Å². The molecule has 1 fully saturated rings. The Morgan fingerprint density at radius 1 is 1.04 bits per heavy atom. The maximum absolute atomic E-state index is 12.5. The average Bonchev–Trinajstić information content (AvgIpc) is 3.18. The predicted molar refractivity (Wildman–Crippen MR) is 97.9 cm³/mol. The fourth-order valence-electron chi connectivity index (χ4n) is 3.43. The zero-order valence-corrected chi connectivity index (χ0v) is 15.4. The van der Waals surface area contributed by atoms with Gasteiger partial charge in [-0.15, -0.1) is 0 Å². The Morgan fingerprint density at radius 3 is 2.40 bits per heavy atom. The summed E-state index contributed by atoms with van der Waals surface area (Å²) in [5.74, 6) is -0.151. The van der Waals surface area contributed by atoms with Crippen molar-refractivity contribution in [3.8, 4) is 0 Å². The molecule has 1 aliphatic heterocycles. The largest absolute Gasteiger partial charge is 0.352 e. The Bertz CT molecular complexity index is 732. The lowest BCUT2D eigenvalue weighted by atomic mass is 9.97. The van der Waals surface area contributed by atoms with Crippen LogP contribution < -0.4 is 5.32 Å². The number of hydrogen-bond acceptors (Lipinski definition) is 3. The summed E-state index contributed by atoms with van der Waals surface area (Å²) >= 11 is 0. The van der Waals surface area contributed by atoms with Crippen LogP contribution >= 0.6 is 0 Å². The van der Waals surface area contributed by atoms with E-state index in [1.807, 2.05) is 0 Å². The van der Waals surface area contributed by atoms with Gasteiger partial charge in [0.15, 0.2) is 0 Å². The summed E-state index contributed by atoms with van der Waals surface area (Å²) in [7, 11) is -3.42. The van der Waals surface area contributed by atoms with E-state index >= 15 is 0 Å². The molecule has 2 aliphatic rings. The van der Waals surface area contributed by atoms with Crippen LogP contribution in [-0.2, 0) is 10.0 Å². The van der Waals surface area contributed by atoms with E-state index in [9.17, 15) is 13.2 Å². The molecule has 1 saturated heterocycles. The summed E-state index contributed by atoms with van der Waals surface area (Å²) in [6, 6.07) is 6.26. The van der Waals surface area contributed by atoms with Crippen molar-refractivity contribution in [2.24, 2.45) is 0 Å². The highest BCUT2D eigenvalue weighted by molar-refractivity contribution is 7.89. The van der Waals surface area contributed by atoms with E-state index in [0.717, 1.165) is 32.1 Å². The number of sulfonamides is 1. The topological polar surface area (TPSA) is 66.5 Å². The molecule has 6 heteroatoms. The van der Waals surface area contributed by atoms with Crippen molar-refractivity contribution in [3.05, 3.63) is 41.5 Å². The van der Waals surface area contributed by atoms with Gasteiger partial charge in [-0.05, 0) is 69.2 Å². The van der Waals surface area contributed by atoms with Gasteiger partial charge in [0, 0.05) is 25.2 Å². The number of hydrogen-bond donors (Lipinski definition) is 1. The molecular formula is C19H26N2O3S. The van der Waals surface area contributed by atoms with Crippen molar-refractivity contribution in [1.29, 1.82) is 0 Å². The van der Waals surface area contributed by atoms with Gasteiger partial charge in [0.1, 0.15) is 0 Å². The minimum Gasteiger partial charge on any atom is -0.352 e. The van der Waals surface area contributed by atoms with Gasteiger partial charge in [-0.1, -0.05) is 11.6 Å².